The summed E-state index contributed by atoms with van der Waals surface area (Å²) < 4.78 is 29.0. The van der Waals surface area contributed by atoms with Crippen LogP contribution in [0.15, 0.2) is 0 Å². The zero-order valence-electron chi connectivity index (χ0n) is 12.1. The Kier molecular flexibility index (Phi) is 4.55. The van der Waals surface area contributed by atoms with Gasteiger partial charge in [-0.1, -0.05) is 13.3 Å². The zero-order chi connectivity index (χ0) is 14.1. The van der Waals surface area contributed by atoms with Crippen molar-refractivity contribution in [3.63, 3.8) is 0 Å². The van der Waals surface area contributed by atoms with Crippen molar-refractivity contribution in [2.45, 2.75) is 63.5 Å². The van der Waals surface area contributed by atoms with E-state index in [0.29, 0.717) is 6.54 Å². The van der Waals surface area contributed by atoms with Gasteiger partial charge in [-0.15, -0.1) is 0 Å². The molecule has 6 heteroatoms. The van der Waals surface area contributed by atoms with Crippen molar-refractivity contribution in [1.29, 1.82) is 0 Å². The maximum absolute atomic E-state index is 12.4. The molecule has 5 nitrogen and oxygen atoms in total. The Balaban J connectivity index is 2.07. The van der Waals surface area contributed by atoms with Crippen LogP contribution in [-0.2, 0) is 10.2 Å². The lowest BCUT2D eigenvalue weighted by Crippen LogP contribution is -2.58. The van der Waals surface area contributed by atoms with E-state index in [1.807, 2.05) is 0 Å². The molecule has 0 aliphatic heterocycles. The van der Waals surface area contributed by atoms with Gasteiger partial charge in [-0.25, -0.2) is 0 Å². The van der Waals surface area contributed by atoms with Gasteiger partial charge in [-0.2, -0.15) is 17.4 Å². The lowest BCUT2D eigenvalue weighted by atomic mass is 9.75. The van der Waals surface area contributed by atoms with Gasteiger partial charge in [0.25, 0.3) is 10.2 Å². The second kappa shape index (κ2) is 5.68. The van der Waals surface area contributed by atoms with Crippen LogP contribution in [-0.4, -0.2) is 37.9 Å². The maximum atomic E-state index is 12.4. The smallest absolute Gasteiger partial charge is 0.279 e. The Labute approximate surface area is 117 Å². The van der Waals surface area contributed by atoms with E-state index in [0.717, 1.165) is 44.4 Å². The highest BCUT2D eigenvalue weighted by atomic mass is 32.2. The molecule has 3 N–H and O–H groups in total. The Hall–Kier alpha value is -0.170. The maximum Gasteiger partial charge on any atom is 0.279 e. The van der Waals surface area contributed by atoms with E-state index in [-0.39, 0.29) is 11.6 Å². The van der Waals surface area contributed by atoms with Crippen LogP contribution in [0.3, 0.4) is 0 Å². The fourth-order valence-corrected chi connectivity index (χ4v) is 4.60. The normalized spacial score (nSPS) is 32.7. The van der Waals surface area contributed by atoms with Gasteiger partial charge in [-0.05, 0) is 44.4 Å². The molecule has 0 saturated heterocycles. The fourth-order valence-electron chi connectivity index (χ4n) is 3.02. The summed E-state index contributed by atoms with van der Waals surface area (Å²) in [4.78, 5) is 0. The van der Waals surface area contributed by atoms with Gasteiger partial charge in [0, 0.05) is 25.2 Å². The van der Waals surface area contributed by atoms with Crippen molar-refractivity contribution < 1.29 is 8.42 Å². The van der Waals surface area contributed by atoms with E-state index in [9.17, 15) is 8.42 Å². The molecule has 112 valence electrons. The molecule has 0 atom stereocenters. The molecule has 0 radical (unpaired) electrons. The molecular formula is C13H27N3O2S. The van der Waals surface area contributed by atoms with Crippen LogP contribution in [0.4, 0.5) is 0 Å². The summed E-state index contributed by atoms with van der Waals surface area (Å²) in [5.74, 6) is 0.729. The third-order valence-corrected chi connectivity index (χ3v) is 6.65. The van der Waals surface area contributed by atoms with Crippen molar-refractivity contribution in [3.8, 4) is 0 Å². The SMILES string of the molecule is CCC1CCC(CN)(N(C)S(=O)(=O)NC2CC2)CC1. The Morgan fingerprint density at radius 3 is 2.26 bits per heavy atom. The average Bonchev–Trinajstić information content (AvgIpc) is 3.21. The molecule has 0 spiro atoms. The summed E-state index contributed by atoms with van der Waals surface area (Å²) in [6.45, 7) is 2.61. The summed E-state index contributed by atoms with van der Waals surface area (Å²) in [6.07, 6.45) is 7.01. The number of hydrogen-bond donors (Lipinski definition) is 2. The van der Waals surface area contributed by atoms with Gasteiger partial charge in [0.2, 0.25) is 0 Å². The minimum atomic E-state index is -3.39. The molecule has 0 aromatic rings. The van der Waals surface area contributed by atoms with Crippen LogP contribution in [0, 0.1) is 5.92 Å². The van der Waals surface area contributed by atoms with E-state index in [4.69, 9.17) is 5.73 Å². The van der Waals surface area contributed by atoms with Crippen molar-refractivity contribution in [1.82, 2.24) is 9.03 Å². The standard InChI is InChI=1S/C13H27N3O2S/c1-3-11-6-8-13(10-14,9-7-11)16(2)19(17,18)15-12-4-5-12/h11-12,15H,3-10,14H2,1-2H3. The molecule has 0 aromatic heterocycles. The molecule has 19 heavy (non-hydrogen) atoms. The van der Waals surface area contributed by atoms with Crippen LogP contribution >= 0.6 is 0 Å². The first-order chi connectivity index (χ1) is 8.93. The van der Waals surface area contributed by atoms with E-state index in [2.05, 4.69) is 11.6 Å². The van der Waals surface area contributed by atoms with Crippen molar-refractivity contribution in [2.75, 3.05) is 13.6 Å². The first kappa shape index (κ1) is 15.2. The van der Waals surface area contributed by atoms with Crippen molar-refractivity contribution >= 4 is 10.2 Å². The lowest BCUT2D eigenvalue weighted by molar-refractivity contribution is 0.127. The molecule has 2 fully saturated rings. The number of hydrogen-bond acceptors (Lipinski definition) is 3. The molecule has 2 aliphatic carbocycles. The summed E-state index contributed by atoms with van der Waals surface area (Å²) in [7, 11) is -1.70. The number of rotatable bonds is 6. The van der Waals surface area contributed by atoms with Crippen molar-refractivity contribution in [2.24, 2.45) is 11.7 Å². The first-order valence-corrected chi connectivity index (χ1v) is 8.84. The lowest BCUT2D eigenvalue weighted by Gasteiger charge is -2.44. The van der Waals surface area contributed by atoms with Gasteiger partial charge in [-0.3, -0.25) is 0 Å². The third kappa shape index (κ3) is 3.29. The first-order valence-electron chi connectivity index (χ1n) is 7.40. The molecular weight excluding hydrogens is 262 g/mol. The minimum Gasteiger partial charge on any atom is -0.329 e. The van der Waals surface area contributed by atoms with E-state index < -0.39 is 10.2 Å². The monoisotopic (exact) mass is 289 g/mol. The number of nitrogens with zero attached hydrogens (tertiary/aromatic N) is 1. The van der Waals surface area contributed by atoms with Gasteiger partial charge >= 0.3 is 0 Å². The second-order valence-electron chi connectivity index (χ2n) is 6.14. The van der Waals surface area contributed by atoms with Crippen LogP contribution in [0.25, 0.3) is 0 Å². The van der Waals surface area contributed by atoms with Gasteiger partial charge in [0.1, 0.15) is 0 Å². The molecule has 0 heterocycles. The third-order valence-electron chi connectivity index (χ3n) is 4.91. The van der Waals surface area contributed by atoms with Crippen LogP contribution in [0.1, 0.15) is 51.9 Å². The molecule has 0 unspecified atom stereocenters. The Bertz CT molecular complexity index is 398. The molecule has 0 bridgehead atoms. The molecule has 0 aromatic carbocycles. The quantitative estimate of drug-likeness (QED) is 0.772. The highest BCUT2D eigenvalue weighted by Crippen LogP contribution is 2.38. The minimum absolute atomic E-state index is 0.147. The van der Waals surface area contributed by atoms with Gasteiger partial charge in [0.05, 0.1) is 0 Å². The summed E-state index contributed by atoms with van der Waals surface area (Å²) in [6, 6.07) is 0.147. The zero-order valence-corrected chi connectivity index (χ0v) is 12.9. The largest absolute Gasteiger partial charge is 0.329 e. The summed E-state index contributed by atoms with van der Waals surface area (Å²) >= 11 is 0. The Morgan fingerprint density at radius 2 is 1.84 bits per heavy atom. The van der Waals surface area contributed by atoms with Crippen LogP contribution in [0.5, 0.6) is 0 Å². The fraction of sp³-hybridized carbons (Fsp3) is 1.00. The summed E-state index contributed by atoms with van der Waals surface area (Å²) in [5.41, 5.74) is 5.55. The van der Waals surface area contributed by atoms with Gasteiger partial charge in [0.15, 0.2) is 0 Å². The van der Waals surface area contributed by atoms with E-state index in [1.165, 1.54) is 10.7 Å². The number of nitrogens with two attached hydrogens (primary N) is 1. The Morgan fingerprint density at radius 1 is 1.26 bits per heavy atom. The highest BCUT2D eigenvalue weighted by Gasteiger charge is 2.43. The average molecular weight is 289 g/mol. The van der Waals surface area contributed by atoms with Crippen LogP contribution in [0.2, 0.25) is 0 Å². The van der Waals surface area contributed by atoms with E-state index in [1.54, 1.807) is 7.05 Å². The van der Waals surface area contributed by atoms with Gasteiger partial charge < -0.3 is 5.73 Å². The van der Waals surface area contributed by atoms with Crippen LogP contribution < -0.4 is 10.5 Å². The van der Waals surface area contributed by atoms with E-state index >= 15 is 0 Å². The molecule has 2 rings (SSSR count). The van der Waals surface area contributed by atoms with Crippen molar-refractivity contribution in [3.05, 3.63) is 0 Å². The highest BCUT2D eigenvalue weighted by molar-refractivity contribution is 7.87. The predicted octanol–water partition coefficient (Wildman–Crippen LogP) is 1.21. The topological polar surface area (TPSA) is 75.4 Å². The number of likely N-dealkylation sites (N-methyl/N-ethyl adjacent to an activating group) is 1. The predicted molar refractivity (Wildman–Crippen MR) is 76.9 cm³/mol. The molecule has 0 amide bonds. The molecule has 2 aliphatic rings. The molecule has 2 saturated carbocycles. The second-order valence-corrected chi connectivity index (χ2v) is 7.88. The summed E-state index contributed by atoms with van der Waals surface area (Å²) in [5, 5.41) is 0. The number of nitrogens with one attached hydrogen (secondary N) is 1.